The van der Waals surface area contributed by atoms with Crippen LogP contribution >= 0.6 is 11.8 Å². The summed E-state index contributed by atoms with van der Waals surface area (Å²) in [5.74, 6) is 1.00. The highest BCUT2D eigenvalue weighted by atomic mass is 32.2. The van der Waals surface area contributed by atoms with Crippen LogP contribution in [0, 0.1) is 0 Å². The van der Waals surface area contributed by atoms with Crippen molar-refractivity contribution in [2.75, 3.05) is 17.7 Å². The highest BCUT2D eigenvalue weighted by Crippen LogP contribution is 2.28. The Morgan fingerprint density at radius 2 is 2.10 bits per heavy atom. The molecule has 8 nitrogen and oxygen atoms in total. The third-order valence-electron chi connectivity index (χ3n) is 4.39. The number of aromatic nitrogens is 3. The van der Waals surface area contributed by atoms with E-state index in [9.17, 15) is 9.59 Å². The Balaban J connectivity index is 1.51. The first kappa shape index (κ1) is 19.0. The van der Waals surface area contributed by atoms with Crippen LogP contribution in [0.5, 0.6) is 5.75 Å². The number of nitrogens with zero attached hydrogens (tertiary/aromatic N) is 3. The van der Waals surface area contributed by atoms with Crippen molar-refractivity contribution in [2.45, 2.75) is 23.4 Å². The van der Waals surface area contributed by atoms with E-state index < -0.39 is 6.04 Å². The molecule has 9 heteroatoms. The number of thioether (sulfide) groups is 1. The molecule has 1 atom stereocenters. The Labute approximate surface area is 171 Å². The van der Waals surface area contributed by atoms with E-state index in [2.05, 4.69) is 20.7 Å². The minimum atomic E-state index is -0.775. The summed E-state index contributed by atoms with van der Waals surface area (Å²) < 4.78 is 6.65. The quantitative estimate of drug-likeness (QED) is 0.607. The molecule has 0 unspecified atom stereocenters. The molecule has 4 rings (SSSR count). The Bertz CT molecular complexity index is 1040. The van der Waals surface area contributed by atoms with Gasteiger partial charge in [-0.15, -0.1) is 5.10 Å². The predicted molar refractivity (Wildman–Crippen MR) is 110 cm³/mol. The average molecular weight is 409 g/mol. The summed E-state index contributed by atoms with van der Waals surface area (Å²) in [6.07, 6.45) is -0.00501. The first-order valence-electron chi connectivity index (χ1n) is 9.00. The summed E-state index contributed by atoms with van der Waals surface area (Å²) in [7, 11) is 1.56. The van der Waals surface area contributed by atoms with Crippen LogP contribution in [-0.2, 0) is 15.3 Å². The summed E-state index contributed by atoms with van der Waals surface area (Å²) in [4.78, 5) is 29.3. The summed E-state index contributed by atoms with van der Waals surface area (Å²) in [6.45, 7) is 0. The van der Waals surface area contributed by atoms with Gasteiger partial charge in [0, 0.05) is 17.5 Å². The number of hydrogen-bond donors (Lipinski definition) is 2. The number of fused-ring (bicyclic) bond motifs is 1. The maximum atomic E-state index is 12.8. The monoisotopic (exact) mass is 409 g/mol. The lowest BCUT2D eigenvalue weighted by Gasteiger charge is -2.22. The first-order valence-corrected chi connectivity index (χ1v) is 9.99. The molecule has 0 spiro atoms. The van der Waals surface area contributed by atoms with Crippen molar-refractivity contribution in [1.82, 2.24) is 14.8 Å². The van der Waals surface area contributed by atoms with Crippen molar-refractivity contribution in [3.05, 3.63) is 60.2 Å². The van der Waals surface area contributed by atoms with Crippen molar-refractivity contribution < 1.29 is 14.3 Å². The van der Waals surface area contributed by atoms with Crippen LogP contribution in [0.15, 0.2) is 59.8 Å². The van der Waals surface area contributed by atoms with Gasteiger partial charge in [0.1, 0.15) is 11.8 Å². The van der Waals surface area contributed by atoms with Crippen molar-refractivity contribution in [3.63, 3.8) is 0 Å². The van der Waals surface area contributed by atoms with Gasteiger partial charge in [-0.05, 0) is 17.7 Å². The SMILES string of the molecule is COc1cccc(NC(=O)[C@@H]2CC(=O)Nc3nc(SCc4ccccc4)nn32)c1. The molecule has 2 amide bonds. The zero-order valence-corrected chi connectivity index (χ0v) is 16.5. The number of carbonyl (C=O) groups excluding carboxylic acids is 2. The van der Waals surface area contributed by atoms with Gasteiger partial charge in [0.15, 0.2) is 0 Å². The van der Waals surface area contributed by atoms with Gasteiger partial charge in [0.2, 0.25) is 22.9 Å². The number of nitrogens with one attached hydrogen (secondary N) is 2. The van der Waals surface area contributed by atoms with Gasteiger partial charge >= 0.3 is 0 Å². The summed E-state index contributed by atoms with van der Waals surface area (Å²) in [5, 5.41) is 10.5. The predicted octanol–water partition coefficient (Wildman–Crippen LogP) is 3.10. The van der Waals surface area contributed by atoms with Crippen LogP contribution in [-0.4, -0.2) is 33.7 Å². The van der Waals surface area contributed by atoms with Gasteiger partial charge in [-0.1, -0.05) is 48.2 Å². The van der Waals surface area contributed by atoms with Crippen LogP contribution in [0.3, 0.4) is 0 Å². The molecule has 2 N–H and O–H groups in total. The van der Waals surface area contributed by atoms with Crippen LogP contribution in [0.25, 0.3) is 0 Å². The molecule has 0 bridgehead atoms. The van der Waals surface area contributed by atoms with E-state index >= 15 is 0 Å². The maximum Gasteiger partial charge on any atom is 0.249 e. The zero-order valence-electron chi connectivity index (χ0n) is 15.7. The highest BCUT2D eigenvalue weighted by Gasteiger charge is 2.33. The second-order valence-electron chi connectivity index (χ2n) is 6.43. The summed E-state index contributed by atoms with van der Waals surface area (Å²) in [5.41, 5.74) is 1.72. The molecule has 1 aromatic heterocycles. The second-order valence-corrected chi connectivity index (χ2v) is 7.37. The lowest BCUT2D eigenvalue weighted by Crippen LogP contribution is -2.36. The van der Waals surface area contributed by atoms with E-state index in [0.717, 1.165) is 5.56 Å². The van der Waals surface area contributed by atoms with E-state index in [0.29, 0.717) is 22.3 Å². The molecule has 0 radical (unpaired) electrons. The third-order valence-corrected chi connectivity index (χ3v) is 5.30. The second kappa shape index (κ2) is 8.36. The van der Waals surface area contributed by atoms with Gasteiger partial charge in [0.25, 0.3) is 0 Å². The van der Waals surface area contributed by atoms with Gasteiger partial charge in [-0.25, -0.2) is 4.68 Å². The molecule has 3 aromatic rings. The molecule has 1 aliphatic rings. The average Bonchev–Trinajstić information content (AvgIpc) is 3.15. The molecular formula is C20H19N5O3S. The molecule has 0 saturated carbocycles. The van der Waals surface area contributed by atoms with Crippen molar-refractivity contribution in [2.24, 2.45) is 0 Å². The third kappa shape index (κ3) is 4.40. The number of methoxy groups -OCH3 is 1. The summed E-state index contributed by atoms with van der Waals surface area (Å²) >= 11 is 1.45. The fourth-order valence-corrected chi connectivity index (χ4v) is 3.74. The molecule has 148 valence electrons. The van der Waals surface area contributed by atoms with Gasteiger partial charge < -0.3 is 10.1 Å². The van der Waals surface area contributed by atoms with Crippen molar-refractivity contribution in [1.29, 1.82) is 0 Å². The molecule has 2 heterocycles. The molecule has 0 aliphatic carbocycles. The normalized spacial score (nSPS) is 15.3. The van der Waals surface area contributed by atoms with Crippen LogP contribution < -0.4 is 15.4 Å². The Kier molecular flexibility index (Phi) is 5.48. The van der Waals surface area contributed by atoms with Gasteiger partial charge in [0.05, 0.1) is 13.5 Å². The van der Waals surface area contributed by atoms with Gasteiger partial charge in [-0.2, -0.15) is 4.98 Å². The number of ether oxygens (including phenoxy) is 1. The lowest BCUT2D eigenvalue weighted by atomic mass is 10.1. The number of hydrogen-bond acceptors (Lipinski definition) is 6. The summed E-state index contributed by atoms with van der Waals surface area (Å²) in [6, 6.07) is 16.2. The van der Waals surface area contributed by atoms with Crippen LogP contribution in [0.2, 0.25) is 0 Å². The highest BCUT2D eigenvalue weighted by molar-refractivity contribution is 7.98. The van der Waals surface area contributed by atoms with Gasteiger partial charge in [-0.3, -0.25) is 14.9 Å². The minimum absolute atomic E-state index is 0.00501. The van der Waals surface area contributed by atoms with E-state index in [1.54, 1.807) is 31.4 Å². The maximum absolute atomic E-state index is 12.8. The molecule has 1 aliphatic heterocycles. The van der Waals surface area contributed by atoms with E-state index in [4.69, 9.17) is 4.74 Å². The first-order chi connectivity index (χ1) is 14.1. The van der Waals surface area contributed by atoms with Crippen molar-refractivity contribution >= 4 is 35.2 Å². The van der Waals surface area contributed by atoms with Crippen LogP contribution in [0.4, 0.5) is 11.6 Å². The zero-order chi connectivity index (χ0) is 20.2. The van der Waals surface area contributed by atoms with Crippen molar-refractivity contribution in [3.8, 4) is 5.75 Å². The van der Waals surface area contributed by atoms with E-state index in [1.807, 2.05) is 30.3 Å². The molecule has 2 aromatic carbocycles. The Morgan fingerprint density at radius 3 is 2.90 bits per heavy atom. The minimum Gasteiger partial charge on any atom is -0.497 e. The number of anilines is 2. The number of rotatable bonds is 6. The molecule has 29 heavy (non-hydrogen) atoms. The fourth-order valence-electron chi connectivity index (χ4n) is 2.96. The Hall–Kier alpha value is -3.33. The number of amides is 2. The smallest absolute Gasteiger partial charge is 0.249 e. The van der Waals surface area contributed by atoms with E-state index in [-0.39, 0.29) is 24.2 Å². The largest absolute Gasteiger partial charge is 0.497 e. The fraction of sp³-hybridized carbons (Fsp3) is 0.200. The molecule has 0 fully saturated rings. The molecular weight excluding hydrogens is 390 g/mol. The van der Waals surface area contributed by atoms with Crippen LogP contribution in [0.1, 0.15) is 18.0 Å². The Morgan fingerprint density at radius 1 is 1.28 bits per heavy atom. The number of benzene rings is 2. The van der Waals surface area contributed by atoms with E-state index in [1.165, 1.54) is 16.4 Å². The number of carbonyl (C=O) groups is 2. The lowest BCUT2D eigenvalue weighted by molar-refractivity contribution is -0.125. The molecule has 0 saturated heterocycles. The standard InChI is InChI=1S/C20H19N5O3S/c1-28-15-9-5-8-14(10-15)21-18(27)16-11-17(26)22-19-23-20(24-25(16)19)29-12-13-6-3-2-4-7-13/h2-10,16H,11-12H2,1H3,(H,21,27)(H,22,23,24,26)/t16-/m0/s1. The topological polar surface area (TPSA) is 98.1 Å².